The summed E-state index contributed by atoms with van der Waals surface area (Å²) in [4.78, 5) is 4.23. The van der Waals surface area contributed by atoms with Gasteiger partial charge in [0.05, 0.1) is 11.7 Å². The lowest BCUT2D eigenvalue weighted by Gasteiger charge is -2.15. The molecule has 3 nitrogen and oxygen atoms in total. The van der Waals surface area contributed by atoms with Crippen molar-refractivity contribution in [1.82, 2.24) is 14.3 Å². The van der Waals surface area contributed by atoms with Gasteiger partial charge in [-0.2, -0.15) is 0 Å². The van der Waals surface area contributed by atoms with Gasteiger partial charge in [0.2, 0.25) is 0 Å². The van der Waals surface area contributed by atoms with Crippen LogP contribution in [-0.4, -0.2) is 21.3 Å². The maximum absolute atomic E-state index is 4.23. The molecule has 0 saturated heterocycles. The zero-order valence-corrected chi connectivity index (χ0v) is 16.7. The van der Waals surface area contributed by atoms with Crippen molar-refractivity contribution >= 4 is 22.9 Å². The Kier molecular flexibility index (Phi) is 9.46. The van der Waals surface area contributed by atoms with Crippen LogP contribution >= 0.6 is 11.9 Å². The number of hydrogen-bond donors (Lipinski definition) is 1. The van der Waals surface area contributed by atoms with Crippen LogP contribution in [0.4, 0.5) is 0 Å². The maximum atomic E-state index is 4.23. The molecular weight excluding hydrogens is 338 g/mol. The fourth-order valence-electron chi connectivity index (χ4n) is 2.62. The van der Waals surface area contributed by atoms with Gasteiger partial charge in [-0.15, -0.1) is 0 Å². The second-order valence-corrected chi connectivity index (χ2v) is 7.60. The number of hydrogen-bond acceptors (Lipinski definition) is 3. The van der Waals surface area contributed by atoms with Crippen LogP contribution in [-0.2, 0) is 0 Å². The topological polar surface area (TPSA) is 29.9 Å². The van der Waals surface area contributed by atoms with E-state index in [-0.39, 0.29) is 7.43 Å². The van der Waals surface area contributed by atoms with Crippen LogP contribution in [0.15, 0.2) is 55.0 Å². The largest absolute Gasteiger partial charge is 0.315 e. The number of aromatic nitrogens is 2. The molecule has 0 aliphatic carbocycles. The second-order valence-electron chi connectivity index (χ2n) is 6.13. The Morgan fingerprint density at radius 2 is 1.73 bits per heavy atom. The summed E-state index contributed by atoms with van der Waals surface area (Å²) in [5, 5.41) is 1.83. The third kappa shape index (κ3) is 5.61. The molecule has 3 aromatic rings. The second kappa shape index (κ2) is 11.0. The Morgan fingerprint density at radius 1 is 1.04 bits per heavy atom. The molecular formula is C22H33N3S. The van der Waals surface area contributed by atoms with Crippen LogP contribution in [0.2, 0.25) is 0 Å². The molecule has 0 bridgehead atoms. The van der Waals surface area contributed by atoms with E-state index < -0.39 is 0 Å². The lowest BCUT2D eigenvalue weighted by molar-refractivity contribution is 0.739. The Balaban J connectivity index is 0.00000109. The quantitative estimate of drug-likeness (QED) is 0.506. The SMILES string of the molecule is C.CC.CC(C)SNCC(C)c1ccc(-n2ccc3ccncc32)cc1. The molecule has 3 rings (SSSR count). The van der Waals surface area contributed by atoms with Gasteiger partial charge in [0, 0.05) is 35.3 Å². The van der Waals surface area contributed by atoms with E-state index in [0.29, 0.717) is 11.2 Å². The third-order valence-electron chi connectivity index (χ3n) is 3.94. The first-order valence-electron chi connectivity index (χ1n) is 9.05. The average Bonchev–Trinajstić information content (AvgIpc) is 3.07. The van der Waals surface area contributed by atoms with Gasteiger partial charge in [-0.25, -0.2) is 0 Å². The van der Waals surface area contributed by atoms with Crippen molar-refractivity contribution in [2.75, 3.05) is 6.54 Å². The zero-order valence-electron chi connectivity index (χ0n) is 15.9. The number of benzene rings is 1. The molecule has 2 aromatic heterocycles. The maximum Gasteiger partial charge on any atom is 0.0712 e. The zero-order chi connectivity index (χ0) is 18.2. The van der Waals surface area contributed by atoms with Gasteiger partial charge >= 0.3 is 0 Å². The van der Waals surface area contributed by atoms with Gasteiger partial charge in [-0.1, -0.05) is 66.1 Å². The van der Waals surface area contributed by atoms with E-state index in [1.54, 1.807) is 11.9 Å². The molecule has 1 aromatic carbocycles. The molecule has 0 aliphatic rings. The van der Waals surface area contributed by atoms with Crippen LogP contribution in [0.25, 0.3) is 16.6 Å². The Morgan fingerprint density at radius 3 is 2.38 bits per heavy atom. The summed E-state index contributed by atoms with van der Waals surface area (Å²) >= 11 is 1.80. The molecule has 0 aliphatic heterocycles. The van der Waals surface area contributed by atoms with E-state index in [0.717, 1.165) is 12.1 Å². The van der Waals surface area contributed by atoms with Crippen molar-refractivity contribution in [1.29, 1.82) is 0 Å². The van der Waals surface area contributed by atoms with Crippen LogP contribution in [0.1, 0.15) is 53.5 Å². The fourth-order valence-corrected chi connectivity index (χ4v) is 3.30. The van der Waals surface area contributed by atoms with Gasteiger partial charge in [0.25, 0.3) is 0 Å². The monoisotopic (exact) mass is 371 g/mol. The van der Waals surface area contributed by atoms with Crippen molar-refractivity contribution in [3.05, 3.63) is 60.6 Å². The minimum atomic E-state index is 0. The summed E-state index contributed by atoms with van der Waals surface area (Å²) in [6.07, 6.45) is 5.85. The molecule has 0 amide bonds. The van der Waals surface area contributed by atoms with Gasteiger partial charge < -0.3 is 4.57 Å². The van der Waals surface area contributed by atoms with Crippen LogP contribution in [0, 0.1) is 0 Å². The molecule has 26 heavy (non-hydrogen) atoms. The molecule has 0 saturated carbocycles. The first kappa shape index (κ1) is 22.3. The van der Waals surface area contributed by atoms with Gasteiger partial charge in [0.15, 0.2) is 0 Å². The highest BCUT2D eigenvalue weighted by atomic mass is 32.2. The molecule has 0 radical (unpaired) electrons. The molecule has 142 valence electrons. The van der Waals surface area contributed by atoms with E-state index in [2.05, 4.69) is 71.6 Å². The predicted octanol–water partition coefficient (Wildman–Crippen LogP) is 6.44. The average molecular weight is 372 g/mol. The van der Waals surface area contributed by atoms with Crippen molar-refractivity contribution in [2.24, 2.45) is 0 Å². The third-order valence-corrected chi connectivity index (χ3v) is 4.75. The predicted molar refractivity (Wildman–Crippen MR) is 118 cm³/mol. The number of fused-ring (bicyclic) bond motifs is 1. The highest BCUT2D eigenvalue weighted by Crippen LogP contribution is 2.22. The minimum Gasteiger partial charge on any atom is -0.315 e. The lowest BCUT2D eigenvalue weighted by atomic mass is 10.0. The van der Waals surface area contributed by atoms with E-state index in [1.165, 1.54) is 16.6 Å². The summed E-state index contributed by atoms with van der Waals surface area (Å²) in [6, 6.07) is 13.0. The van der Waals surface area contributed by atoms with Gasteiger partial charge in [0.1, 0.15) is 0 Å². The van der Waals surface area contributed by atoms with E-state index in [4.69, 9.17) is 0 Å². The molecule has 0 spiro atoms. The molecule has 1 unspecified atom stereocenters. The van der Waals surface area contributed by atoms with E-state index in [1.807, 2.05) is 32.3 Å². The minimum absolute atomic E-state index is 0. The van der Waals surface area contributed by atoms with E-state index >= 15 is 0 Å². The molecule has 4 heteroatoms. The van der Waals surface area contributed by atoms with Crippen LogP contribution in [0.5, 0.6) is 0 Å². The van der Waals surface area contributed by atoms with Crippen molar-refractivity contribution in [2.45, 2.75) is 53.2 Å². The summed E-state index contributed by atoms with van der Waals surface area (Å²) in [5.41, 5.74) is 3.68. The molecule has 1 atom stereocenters. The molecule has 1 N–H and O–H groups in total. The van der Waals surface area contributed by atoms with Gasteiger partial charge in [-0.05, 0) is 35.7 Å². The van der Waals surface area contributed by atoms with Gasteiger partial charge in [-0.3, -0.25) is 9.71 Å². The Bertz CT molecular complexity index is 762. The smallest absolute Gasteiger partial charge is 0.0712 e. The number of nitrogens with one attached hydrogen (secondary N) is 1. The van der Waals surface area contributed by atoms with Crippen LogP contribution < -0.4 is 4.72 Å². The summed E-state index contributed by atoms with van der Waals surface area (Å²) < 4.78 is 5.64. The van der Waals surface area contributed by atoms with Crippen LogP contribution in [0.3, 0.4) is 0 Å². The molecule has 0 fully saturated rings. The molecule has 2 heterocycles. The van der Waals surface area contributed by atoms with E-state index in [9.17, 15) is 0 Å². The van der Waals surface area contributed by atoms with Crippen molar-refractivity contribution < 1.29 is 0 Å². The fraction of sp³-hybridized carbons (Fsp3) is 0.409. The summed E-state index contributed by atoms with van der Waals surface area (Å²) in [5.74, 6) is 0.498. The van der Waals surface area contributed by atoms with Crippen molar-refractivity contribution in [3.63, 3.8) is 0 Å². The number of pyridine rings is 1. The number of nitrogens with zero attached hydrogens (tertiary/aromatic N) is 2. The lowest BCUT2D eigenvalue weighted by Crippen LogP contribution is -2.15. The number of rotatable bonds is 6. The summed E-state index contributed by atoms with van der Waals surface area (Å²) in [6.45, 7) is 11.7. The Labute approximate surface area is 163 Å². The standard InChI is InChI=1S/C19H23N3S.C2H6.CH4/c1-14(2)23-21-12-15(3)16-4-6-18(7-5-16)22-11-9-17-8-10-20-13-19(17)22;1-2;/h4-11,13-15,21H,12H2,1-3H3;1-2H3;1H4. The Hall–Kier alpha value is -1.78. The highest BCUT2D eigenvalue weighted by molar-refractivity contribution is 7.97. The van der Waals surface area contributed by atoms with Crippen molar-refractivity contribution in [3.8, 4) is 5.69 Å². The first-order chi connectivity index (χ1) is 12.1. The highest BCUT2D eigenvalue weighted by Gasteiger charge is 2.07. The first-order valence-corrected chi connectivity index (χ1v) is 9.93. The normalized spacial score (nSPS) is 11.6. The summed E-state index contributed by atoms with van der Waals surface area (Å²) in [7, 11) is 0.